The van der Waals surface area contributed by atoms with E-state index in [1.807, 2.05) is 16.8 Å². The van der Waals surface area contributed by atoms with Crippen molar-refractivity contribution in [2.24, 2.45) is 0 Å². The summed E-state index contributed by atoms with van der Waals surface area (Å²) in [6, 6.07) is 2.02. The van der Waals surface area contributed by atoms with Gasteiger partial charge in [0.25, 0.3) is 0 Å². The van der Waals surface area contributed by atoms with Gasteiger partial charge in [0, 0.05) is 16.9 Å². The standard InChI is InChI=1S/C13H16N4S/c14-13-16-11(9-4-2-1-3-5-9)15-12(17-13)10-6-7-18-8-10/h6-9H,1-5H2,(H2,14,15,16,17). The molecule has 5 heteroatoms. The van der Waals surface area contributed by atoms with Gasteiger partial charge >= 0.3 is 0 Å². The summed E-state index contributed by atoms with van der Waals surface area (Å²) in [4.78, 5) is 13.2. The van der Waals surface area contributed by atoms with Crippen molar-refractivity contribution in [3.05, 3.63) is 22.7 Å². The van der Waals surface area contributed by atoms with Crippen LogP contribution >= 0.6 is 11.3 Å². The van der Waals surface area contributed by atoms with Crippen molar-refractivity contribution in [3.63, 3.8) is 0 Å². The number of nitrogens with zero attached hydrogens (tertiary/aromatic N) is 3. The van der Waals surface area contributed by atoms with Crippen molar-refractivity contribution in [2.45, 2.75) is 38.0 Å². The molecule has 4 nitrogen and oxygen atoms in total. The minimum atomic E-state index is 0.340. The van der Waals surface area contributed by atoms with Crippen molar-refractivity contribution in [1.29, 1.82) is 0 Å². The third-order valence-corrected chi connectivity index (χ3v) is 4.10. The first kappa shape index (κ1) is 11.6. The molecular weight excluding hydrogens is 244 g/mol. The summed E-state index contributed by atoms with van der Waals surface area (Å²) in [7, 11) is 0. The third-order valence-electron chi connectivity index (χ3n) is 3.42. The Bertz CT molecular complexity index is 518. The van der Waals surface area contributed by atoms with E-state index < -0.39 is 0 Å². The maximum absolute atomic E-state index is 5.81. The Morgan fingerprint density at radius 2 is 1.94 bits per heavy atom. The average molecular weight is 260 g/mol. The van der Waals surface area contributed by atoms with Crippen molar-refractivity contribution in [3.8, 4) is 11.4 Å². The number of hydrogen-bond donors (Lipinski definition) is 1. The molecule has 2 heterocycles. The van der Waals surface area contributed by atoms with Crippen molar-refractivity contribution >= 4 is 17.3 Å². The Hall–Kier alpha value is -1.49. The van der Waals surface area contributed by atoms with Gasteiger partial charge < -0.3 is 5.73 Å². The molecule has 1 fully saturated rings. The maximum atomic E-state index is 5.81. The predicted octanol–water partition coefficient (Wildman–Crippen LogP) is 3.23. The van der Waals surface area contributed by atoms with E-state index in [1.54, 1.807) is 11.3 Å². The highest BCUT2D eigenvalue weighted by Crippen LogP contribution is 2.31. The van der Waals surface area contributed by atoms with Gasteiger partial charge in [0.1, 0.15) is 5.82 Å². The Labute approximate surface area is 110 Å². The van der Waals surface area contributed by atoms with E-state index in [4.69, 9.17) is 5.73 Å². The quantitative estimate of drug-likeness (QED) is 0.900. The van der Waals surface area contributed by atoms with Crippen LogP contribution in [0.15, 0.2) is 16.8 Å². The summed E-state index contributed by atoms with van der Waals surface area (Å²) in [5.74, 6) is 2.39. The second-order valence-electron chi connectivity index (χ2n) is 4.72. The Kier molecular flexibility index (Phi) is 3.23. The SMILES string of the molecule is Nc1nc(-c2ccsc2)nc(C2CCCCC2)n1. The van der Waals surface area contributed by atoms with Gasteiger partial charge in [-0.1, -0.05) is 19.3 Å². The number of aromatic nitrogens is 3. The molecule has 1 aliphatic carbocycles. The fourth-order valence-electron chi connectivity index (χ4n) is 2.47. The lowest BCUT2D eigenvalue weighted by Gasteiger charge is -2.20. The predicted molar refractivity (Wildman–Crippen MR) is 73.4 cm³/mol. The van der Waals surface area contributed by atoms with E-state index >= 15 is 0 Å². The van der Waals surface area contributed by atoms with Crippen LogP contribution < -0.4 is 5.73 Å². The van der Waals surface area contributed by atoms with Crippen LogP contribution in [0.5, 0.6) is 0 Å². The number of thiophene rings is 1. The van der Waals surface area contributed by atoms with Gasteiger partial charge in [-0.05, 0) is 24.3 Å². The van der Waals surface area contributed by atoms with Gasteiger partial charge in [-0.25, -0.2) is 4.98 Å². The van der Waals surface area contributed by atoms with E-state index in [2.05, 4.69) is 15.0 Å². The number of nitrogens with two attached hydrogens (primary N) is 1. The fourth-order valence-corrected chi connectivity index (χ4v) is 3.11. The van der Waals surface area contributed by atoms with Crippen molar-refractivity contribution in [2.75, 3.05) is 5.73 Å². The van der Waals surface area contributed by atoms with Crippen LogP contribution in [0.4, 0.5) is 5.95 Å². The molecule has 0 aliphatic heterocycles. The van der Waals surface area contributed by atoms with Crippen LogP contribution in [0.3, 0.4) is 0 Å². The molecule has 94 valence electrons. The molecule has 0 spiro atoms. The first-order valence-corrected chi connectivity index (χ1v) is 7.31. The van der Waals surface area contributed by atoms with Gasteiger partial charge in [-0.3, -0.25) is 0 Å². The molecule has 0 atom stereocenters. The van der Waals surface area contributed by atoms with Crippen LogP contribution in [0.25, 0.3) is 11.4 Å². The molecule has 0 amide bonds. The molecule has 0 saturated heterocycles. The molecule has 2 N–H and O–H groups in total. The third kappa shape index (κ3) is 2.36. The van der Waals surface area contributed by atoms with E-state index in [0.717, 1.165) is 11.4 Å². The largest absolute Gasteiger partial charge is 0.368 e. The molecule has 1 aliphatic rings. The van der Waals surface area contributed by atoms with Crippen LogP contribution in [-0.2, 0) is 0 Å². The summed E-state index contributed by atoms with van der Waals surface area (Å²) in [6.45, 7) is 0. The molecule has 2 aromatic heterocycles. The van der Waals surface area contributed by atoms with Crippen molar-refractivity contribution in [1.82, 2.24) is 15.0 Å². The lowest BCUT2D eigenvalue weighted by atomic mass is 9.89. The Morgan fingerprint density at radius 1 is 1.11 bits per heavy atom. The highest BCUT2D eigenvalue weighted by atomic mass is 32.1. The molecule has 0 aromatic carbocycles. The smallest absolute Gasteiger partial charge is 0.223 e. The maximum Gasteiger partial charge on any atom is 0.223 e. The number of rotatable bonds is 2. The van der Waals surface area contributed by atoms with Gasteiger partial charge in [0.15, 0.2) is 5.82 Å². The Morgan fingerprint density at radius 3 is 2.67 bits per heavy atom. The lowest BCUT2D eigenvalue weighted by Crippen LogP contribution is -2.12. The molecule has 3 rings (SSSR count). The normalized spacial score (nSPS) is 16.9. The molecule has 2 aromatic rings. The topological polar surface area (TPSA) is 64.7 Å². The highest BCUT2D eigenvalue weighted by Gasteiger charge is 2.20. The van der Waals surface area contributed by atoms with Gasteiger partial charge in [0.05, 0.1) is 0 Å². The van der Waals surface area contributed by atoms with Gasteiger partial charge in [0.2, 0.25) is 5.95 Å². The molecule has 18 heavy (non-hydrogen) atoms. The van der Waals surface area contributed by atoms with Crippen LogP contribution in [0.1, 0.15) is 43.8 Å². The first-order valence-electron chi connectivity index (χ1n) is 6.37. The zero-order chi connectivity index (χ0) is 12.4. The van der Waals surface area contributed by atoms with E-state index in [9.17, 15) is 0 Å². The lowest BCUT2D eigenvalue weighted by molar-refractivity contribution is 0.428. The minimum Gasteiger partial charge on any atom is -0.368 e. The molecular formula is C13H16N4S. The summed E-state index contributed by atoms with van der Waals surface area (Å²) in [6.07, 6.45) is 6.21. The highest BCUT2D eigenvalue weighted by molar-refractivity contribution is 7.08. The van der Waals surface area contributed by atoms with Gasteiger partial charge in [-0.2, -0.15) is 21.3 Å². The minimum absolute atomic E-state index is 0.340. The van der Waals surface area contributed by atoms with Gasteiger partial charge in [-0.15, -0.1) is 0 Å². The number of anilines is 1. The van der Waals surface area contributed by atoms with Crippen LogP contribution in [0, 0.1) is 0 Å². The zero-order valence-electron chi connectivity index (χ0n) is 10.2. The monoisotopic (exact) mass is 260 g/mol. The molecule has 0 bridgehead atoms. The summed E-state index contributed by atoms with van der Waals surface area (Å²) in [5, 5.41) is 4.06. The first-order chi connectivity index (χ1) is 8.83. The second kappa shape index (κ2) is 5.02. The van der Waals surface area contributed by atoms with E-state index in [-0.39, 0.29) is 0 Å². The molecule has 1 saturated carbocycles. The Balaban J connectivity index is 1.95. The second-order valence-corrected chi connectivity index (χ2v) is 5.50. The molecule has 0 radical (unpaired) electrons. The molecule has 0 unspecified atom stereocenters. The average Bonchev–Trinajstić information content (AvgIpc) is 2.93. The van der Waals surface area contributed by atoms with Crippen LogP contribution in [-0.4, -0.2) is 15.0 Å². The number of nitrogen functional groups attached to an aromatic ring is 1. The zero-order valence-corrected chi connectivity index (χ0v) is 11.0. The fraction of sp³-hybridized carbons (Fsp3) is 0.462. The summed E-state index contributed by atoms with van der Waals surface area (Å²) < 4.78 is 0. The summed E-state index contributed by atoms with van der Waals surface area (Å²) >= 11 is 1.64. The summed E-state index contributed by atoms with van der Waals surface area (Å²) in [5.41, 5.74) is 6.85. The number of hydrogen-bond acceptors (Lipinski definition) is 5. The van der Waals surface area contributed by atoms with E-state index in [0.29, 0.717) is 17.7 Å². The van der Waals surface area contributed by atoms with E-state index in [1.165, 1.54) is 32.1 Å². The van der Waals surface area contributed by atoms with Crippen LogP contribution in [0.2, 0.25) is 0 Å². The van der Waals surface area contributed by atoms with Crippen molar-refractivity contribution < 1.29 is 0 Å².